The SMILES string of the molecule is Cc1cc(C)c(Nc2ccc(C(N)=O)cc2N)c(C)c1. The van der Waals surface area contributed by atoms with Crippen LogP contribution in [0.3, 0.4) is 0 Å². The maximum atomic E-state index is 11.1. The van der Waals surface area contributed by atoms with Gasteiger partial charge in [-0.1, -0.05) is 17.7 Å². The molecule has 104 valence electrons. The van der Waals surface area contributed by atoms with E-state index >= 15 is 0 Å². The Morgan fingerprint density at radius 1 is 1.05 bits per heavy atom. The second-order valence-electron chi connectivity index (χ2n) is 5.06. The van der Waals surface area contributed by atoms with Crippen molar-refractivity contribution in [3.63, 3.8) is 0 Å². The number of hydrogen-bond acceptors (Lipinski definition) is 3. The normalized spacial score (nSPS) is 10.3. The van der Waals surface area contributed by atoms with E-state index in [9.17, 15) is 4.79 Å². The van der Waals surface area contributed by atoms with Gasteiger partial charge in [-0.25, -0.2) is 0 Å². The largest absolute Gasteiger partial charge is 0.397 e. The standard InChI is InChI=1S/C16H19N3O/c1-9-6-10(2)15(11(3)7-9)19-14-5-4-12(16(18)20)8-13(14)17/h4-8,19H,17H2,1-3H3,(H2,18,20). The Morgan fingerprint density at radius 3 is 2.15 bits per heavy atom. The number of anilines is 3. The van der Waals surface area contributed by atoms with Gasteiger partial charge in [0.15, 0.2) is 0 Å². The lowest BCUT2D eigenvalue weighted by Crippen LogP contribution is -2.11. The Kier molecular flexibility index (Phi) is 3.66. The van der Waals surface area contributed by atoms with Gasteiger partial charge in [0.1, 0.15) is 0 Å². The molecule has 0 spiro atoms. The minimum Gasteiger partial charge on any atom is -0.397 e. The molecule has 0 saturated heterocycles. The van der Waals surface area contributed by atoms with Crippen LogP contribution >= 0.6 is 0 Å². The van der Waals surface area contributed by atoms with Crippen LogP contribution in [0.15, 0.2) is 30.3 Å². The first kappa shape index (κ1) is 13.9. The number of nitrogens with two attached hydrogens (primary N) is 2. The molecule has 1 amide bonds. The van der Waals surface area contributed by atoms with Gasteiger partial charge in [-0.05, 0) is 50.1 Å². The topological polar surface area (TPSA) is 81.1 Å². The summed E-state index contributed by atoms with van der Waals surface area (Å²) in [5.74, 6) is -0.481. The number of amides is 1. The number of nitrogens with one attached hydrogen (secondary N) is 1. The Hall–Kier alpha value is -2.49. The number of hydrogen-bond donors (Lipinski definition) is 3. The van der Waals surface area contributed by atoms with Crippen LogP contribution in [-0.2, 0) is 0 Å². The van der Waals surface area contributed by atoms with Crippen LogP contribution in [0.5, 0.6) is 0 Å². The molecular formula is C16H19N3O. The van der Waals surface area contributed by atoms with E-state index in [1.54, 1.807) is 18.2 Å². The van der Waals surface area contributed by atoms with Gasteiger partial charge in [0.2, 0.25) is 5.91 Å². The van der Waals surface area contributed by atoms with E-state index in [0.29, 0.717) is 11.3 Å². The van der Waals surface area contributed by atoms with Crippen molar-refractivity contribution in [2.24, 2.45) is 5.73 Å². The zero-order valence-corrected chi connectivity index (χ0v) is 11.9. The van der Waals surface area contributed by atoms with Crippen LogP contribution in [0.2, 0.25) is 0 Å². The predicted molar refractivity (Wildman–Crippen MR) is 83.3 cm³/mol. The lowest BCUT2D eigenvalue weighted by atomic mass is 10.0. The monoisotopic (exact) mass is 269 g/mol. The van der Waals surface area contributed by atoms with E-state index in [1.807, 2.05) is 0 Å². The molecular weight excluding hydrogens is 250 g/mol. The molecule has 2 aromatic rings. The number of carbonyl (C=O) groups is 1. The number of benzene rings is 2. The second-order valence-corrected chi connectivity index (χ2v) is 5.06. The Labute approximate surface area is 118 Å². The number of aryl methyl sites for hydroxylation is 3. The minimum absolute atomic E-state index is 0.408. The highest BCUT2D eigenvalue weighted by Gasteiger charge is 2.08. The number of rotatable bonds is 3. The van der Waals surface area contributed by atoms with Gasteiger partial charge in [-0.2, -0.15) is 0 Å². The van der Waals surface area contributed by atoms with Crippen LogP contribution in [0, 0.1) is 20.8 Å². The molecule has 0 aliphatic heterocycles. The van der Waals surface area contributed by atoms with E-state index in [1.165, 1.54) is 5.56 Å². The third kappa shape index (κ3) is 2.74. The maximum absolute atomic E-state index is 11.1. The Balaban J connectivity index is 2.38. The first-order valence-corrected chi connectivity index (χ1v) is 6.42. The molecule has 0 unspecified atom stereocenters. The van der Waals surface area contributed by atoms with Crippen molar-refractivity contribution in [3.8, 4) is 0 Å². The summed E-state index contributed by atoms with van der Waals surface area (Å²) >= 11 is 0. The molecule has 2 rings (SSSR count). The Morgan fingerprint density at radius 2 is 1.65 bits per heavy atom. The third-order valence-electron chi connectivity index (χ3n) is 3.27. The number of nitrogen functional groups attached to an aromatic ring is 1. The molecule has 0 aliphatic carbocycles. The summed E-state index contributed by atoms with van der Waals surface area (Å²) in [4.78, 5) is 11.1. The maximum Gasteiger partial charge on any atom is 0.248 e. The summed E-state index contributed by atoms with van der Waals surface area (Å²) < 4.78 is 0. The summed E-state index contributed by atoms with van der Waals surface area (Å²) in [5, 5.41) is 3.33. The second kappa shape index (κ2) is 5.25. The van der Waals surface area contributed by atoms with Crippen molar-refractivity contribution in [1.29, 1.82) is 0 Å². The van der Waals surface area contributed by atoms with E-state index in [-0.39, 0.29) is 0 Å². The zero-order chi connectivity index (χ0) is 14.9. The summed E-state index contributed by atoms with van der Waals surface area (Å²) in [6.45, 7) is 6.17. The molecule has 0 fully saturated rings. The lowest BCUT2D eigenvalue weighted by molar-refractivity contribution is 0.100. The molecule has 4 nitrogen and oxygen atoms in total. The minimum atomic E-state index is -0.481. The fourth-order valence-corrected chi connectivity index (χ4v) is 2.34. The molecule has 0 aliphatic rings. The average Bonchev–Trinajstić information content (AvgIpc) is 2.34. The molecule has 5 N–H and O–H groups in total. The zero-order valence-electron chi connectivity index (χ0n) is 11.9. The highest BCUT2D eigenvalue weighted by molar-refractivity contribution is 5.95. The van der Waals surface area contributed by atoms with Crippen LogP contribution in [0.4, 0.5) is 17.1 Å². The van der Waals surface area contributed by atoms with E-state index in [2.05, 4.69) is 38.2 Å². The summed E-state index contributed by atoms with van der Waals surface area (Å²) in [7, 11) is 0. The first-order valence-electron chi connectivity index (χ1n) is 6.42. The van der Waals surface area contributed by atoms with Crippen molar-refractivity contribution >= 4 is 23.0 Å². The third-order valence-corrected chi connectivity index (χ3v) is 3.27. The highest BCUT2D eigenvalue weighted by atomic mass is 16.1. The van der Waals surface area contributed by atoms with E-state index < -0.39 is 5.91 Å². The van der Waals surface area contributed by atoms with Crippen LogP contribution in [0.25, 0.3) is 0 Å². The van der Waals surface area contributed by atoms with E-state index in [0.717, 1.165) is 22.5 Å². The molecule has 0 aromatic heterocycles. The molecule has 0 heterocycles. The number of primary amides is 1. The summed E-state index contributed by atoms with van der Waals surface area (Å²) in [5.41, 5.74) is 17.4. The Bertz CT molecular complexity index is 654. The van der Waals surface area contributed by atoms with Gasteiger partial charge >= 0.3 is 0 Å². The van der Waals surface area contributed by atoms with Crippen molar-refractivity contribution < 1.29 is 4.79 Å². The van der Waals surface area contributed by atoms with Crippen molar-refractivity contribution in [2.75, 3.05) is 11.1 Å². The van der Waals surface area contributed by atoms with Gasteiger partial charge in [0.25, 0.3) is 0 Å². The van der Waals surface area contributed by atoms with Crippen LogP contribution < -0.4 is 16.8 Å². The first-order chi connectivity index (χ1) is 9.38. The van der Waals surface area contributed by atoms with Crippen molar-refractivity contribution in [3.05, 3.63) is 52.6 Å². The molecule has 20 heavy (non-hydrogen) atoms. The quantitative estimate of drug-likeness (QED) is 0.749. The fourth-order valence-electron chi connectivity index (χ4n) is 2.34. The van der Waals surface area contributed by atoms with Gasteiger partial charge in [-0.3, -0.25) is 4.79 Å². The van der Waals surface area contributed by atoms with Gasteiger partial charge < -0.3 is 16.8 Å². The number of carbonyl (C=O) groups excluding carboxylic acids is 1. The van der Waals surface area contributed by atoms with Gasteiger partial charge in [-0.15, -0.1) is 0 Å². The predicted octanol–water partition coefficient (Wildman–Crippen LogP) is 3.04. The molecule has 4 heteroatoms. The van der Waals surface area contributed by atoms with Crippen LogP contribution in [-0.4, -0.2) is 5.91 Å². The van der Waals surface area contributed by atoms with Crippen LogP contribution in [0.1, 0.15) is 27.0 Å². The van der Waals surface area contributed by atoms with Gasteiger partial charge in [0, 0.05) is 11.3 Å². The molecule has 0 atom stereocenters. The summed E-state index contributed by atoms with van der Waals surface area (Å²) in [6.07, 6.45) is 0. The average molecular weight is 269 g/mol. The highest BCUT2D eigenvalue weighted by Crippen LogP contribution is 2.29. The smallest absolute Gasteiger partial charge is 0.248 e. The molecule has 2 aromatic carbocycles. The van der Waals surface area contributed by atoms with Crippen molar-refractivity contribution in [1.82, 2.24) is 0 Å². The molecule has 0 saturated carbocycles. The summed E-state index contributed by atoms with van der Waals surface area (Å²) in [6, 6.07) is 9.25. The molecule has 0 bridgehead atoms. The fraction of sp³-hybridized carbons (Fsp3) is 0.188. The lowest BCUT2D eigenvalue weighted by Gasteiger charge is -2.15. The van der Waals surface area contributed by atoms with E-state index in [4.69, 9.17) is 11.5 Å². The van der Waals surface area contributed by atoms with Gasteiger partial charge in [0.05, 0.1) is 11.4 Å². The van der Waals surface area contributed by atoms with Crippen molar-refractivity contribution in [2.45, 2.75) is 20.8 Å². The molecule has 0 radical (unpaired) electrons.